The average Bonchev–Trinajstić information content (AvgIpc) is 2.56. The van der Waals surface area contributed by atoms with Crippen LogP contribution in [-0.2, 0) is 16.5 Å². The molecule has 7 heteroatoms. The lowest BCUT2D eigenvalue weighted by Crippen LogP contribution is -2.40. The molecule has 0 aliphatic heterocycles. The van der Waals surface area contributed by atoms with Crippen LogP contribution in [0.25, 0.3) is 0 Å². The number of nitrogens with one attached hydrogen (secondary N) is 1. The summed E-state index contributed by atoms with van der Waals surface area (Å²) < 4.78 is 32.0. The molecule has 2 N–H and O–H groups in total. The Morgan fingerprint density at radius 3 is 2.42 bits per heavy atom. The van der Waals surface area contributed by atoms with E-state index in [1.54, 1.807) is 13.0 Å². The van der Waals surface area contributed by atoms with Crippen molar-refractivity contribution in [2.45, 2.75) is 18.2 Å². The van der Waals surface area contributed by atoms with E-state index in [1.807, 2.05) is 30.3 Å². The molecule has 0 aromatic heterocycles. The van der Waals surface area contributed by atoms with Crippen LogP contribution in [0.5, 0.6) is 0 Å². The number of anilines is 1. The van der Waals surface area contributed by atoms with E-state index in [0.717, 1.165) is 11.1 Å². The molecule has 0 radical (unpaired) electrons. The molecule has 128 valence electrons. The summed E-state index contributed by atoms with van der Waals surface area (Å²) in [6, 6.07) is 13.5. The topological polar surface area (TPSA) is 86.7 Å². The maximum Gasteiger partial charge on any atom is 0.321 e. The Labute approximate surface area is 141 Å². The van der Waals surface area contributed by atoms with Crippen LogP contribution < -0.4 is 10.2 Å². The standard InChI is InChI=1S/C17H20N2O4S/c1-13-8-9-15(24(21,22)23)12-16(13)19(17(20)18-2)11-10-14-6-4-3-5-7-14/h3-9,12H,10-11H2,1-2H3,(H,18,20)(H,21,22,23). The first-order chi connectivity index (χ1) is 11.3. The van der Waals surface area contributed by atoms with Gasteiger partial charge in [0.05, 0.1) is 4.90 Å². The number of nitrogens with zero attached hydrogens (tertiary/aromatic N) is 1. The van der Waals surface area contributed by atoms with Gasteiger partial charge in [0.25, 0.3) is 10.1 Å². The fraction of sp³-hybridized carbons (Fsp3) is 0.235. The molecule has 0 unspecified atom stereocenters. The molecule has 0 aliphatic rings. The molecule has 0 saturated carbocycles. The molecule has 0 heterocycles. The molecule has 0 fully saturated rings. The predicted molar refractivity (Wildman–Crippen MR) is 92.9 cm³/mol. The number of rotatable bonds is 5. The second-order valence-corrected chi connectivity index (χ2v) is 6.79. The van der Waals surface area contributed by atoms with Crippen LogP contribution >= 0.6 is 0 Å². The van der Waals surface area contributed by atoms with Gasteiger partial charge in [-0.05, 0) is 36.6 Å². The van der Waals surface area contributed by atoms with E-state index in [0.29, 0.717) is 18.7 Å². The van der Waals surface area contributed by atoms with Crippen molar-refractivity contribution >= 4 is 21.8 Å². The molecular weight excluding hydrogens is 328 g/mol. The van der Waals surface area contributed by atoms with E-state index in [2.05, 4.69) is 5.32 Å². The Kier molecular flexibility index (Phi) is 5.58. The number of hydrogen-bond acceptors (Lipinski definition) is 3. The van der Waals surface area contributed by atoms with Gasteiger partial charge in [0, 0.05) is 19.3 Å². The molecule has 2 amide bonds. The fourth-order valence-corrected chi connectivity index (χ4v) is 2.89. The van der Waals surface area contributed by atoms with Crippen LogP contribution in [0.4, 0.5) is 10.5 Å². The maximum absolute atomic E-state index is 12.2. The summed E-state index contributed by atoms with van der Waals surface area (Å²) in [5.41, 5.74) is 2.24. The molecule has 0 bridgehead atoms. The first-order valence-electron chi connectivity index (χ1n) is 7.44. The minimum absolute atomic E-state index is 0.239. The minimum Gasteiger partial charge on any atom is -0.341 e. The van der Waals surface area contributed by atoms with Crippen LogP contribution in [0, 0.1) is 6.92 Å². The highest BCUT2D eigenvalue weighted by atomic mass is 32.2. The third-order valence-electron chi connectivity index (χ3n) is 3.70. The van der Waals surface area contributed by atoms with Gasteiger partial charge in [-0.1, -0.05) is 36.4 Å². The van der Waals surface area contributed by atoms with Gasteiger partial charge in [-0.15, -0.1) is 0 Å². The number of carbonyl (C=O) groups excluding carboxylic acids is 1. The number of carbonyl (C=O) groups is 1. The number of benzene rings is 2. The first-order valence-corrected chi connectivity index (χ1v) is 8.88. The van der Waals surface area contributed by atoms with Gasteiger partial charge in [-0.2, -0.15) is 8.42 Å². The lowest BCUT2D eigenvalue weighted by Gasteiger charge is -2.24. The lowest BCUT2D eigenvalue weighted by molar-refractivity contribution is 0.248. The molecule has 0 saturated heterocycles. The zero-order valence-corrected chi connectivity index (χ0v) is 14.4. The van der Waals surface area contributed by atoms with Crippen molar-refractivity contribution in [1.29, 1.82) is 0 Å². The smallest absolute Gasteiger partial charge is 0.321 e. The Morgan fingerprint density at radius 1 is 1.17 bits per heavy atom. The zero-order chi connectivity index (χ0) is 17.7. The van der Waals surface area contributed by atoms with Gasteiger partial charge in [0.1, 0.15) is 0 Å². The molecular formula is C17H20N2O4S. The van der Waals surface area contributed by atoms with Crippen molar-refractivity contribution in [2.75, 3.05) is 18.5 Å². The van der Waals surface area contributed by atoms with Gasteiger partial charge in [0.2, 0.25) is 0 Å². The van der Waals surface area contributed by atoms with Gasteiger partial charge in [-0.25, -0.2) is 4.79 Å². The second-order valence-electron chi connectivity index (χ2n) is 5.37. The summed E-state index contributed by atoms with van der Waals surface area (Å²) in [4.78, 5) is 13.5. The zero-order valence-electron chi connectivity index (χ0n) is 13.6. The van der Waals surface area contributed by atoms with E-state index >= 15 is 0 Å². The molecule has 2 aromatic carbocycles. The van der Waals surface area contributed by atoms with Crippen molar-refractivity contribution in [2.24, 2.45) is 0 Å². The quantitative estimate of drug-likeness (QED) is 0.813. The van der Waals surface area contributed by atoms with Crippen molar-refractivity contribution in [3.63, 3.8) is 0 Å². The van der Waals surface area contributed by atoms with Crippen molar-refractivity contribution in [3.05, 3.63) is 59.7 Å². The molecule has 24 heavy (non-hydrogen) atoms. The summed E-state index contributed by atoms with van der Waals surface area (Å²) in [6.45, 7) is 2.15. The van der Waals surface area contributed by atoms with Crippen LogP contribution in [0.3, 0.4) is 0 Å². The Bertz CT molecular complexity index is 820. The summed E-state index contributed by atoms with van der Waals surface area (Å²) in [7, 11) is -2.82. The first kappa shape index (κ1) is 18.0. The van der Waals surface area contributed by atoms with Crippen molar-refractivity contribution < 1.29 is 17.8 Å². The third kappa shape index (κ3) is 4.33. The van der Waals surface area contributed by atoms with Gasteiger partial charge < -0.3 is 5.32 Å². The maximum atomic E-state index is 12.2. The van der Waals surface area contributed by atoms with Crippen molar-refractivity contribution in [1.82, 2.24) is 5.32 Å². The lowest BCUT2D eigenvalue weighted by atomic mass is 10.1. The van der Waals surface area contributed by atoms with E-state index in [-0.39, 0.29) is 10.9 Å². The predicted octanol–water partition coefficient (Wildman–Crippen LogP) is 2.63. The Balaban J connectivity index is 2.36. The SMILES string of the molecule is CNC(=O)N(CCc1ccccc1)c1cc(S(=O)(=O)O)ccc1C. The Morgan fingerprint density at radius 2 is 1.83 bits per heavy atom. The molecule has 2 rings (SSSR count). The van der Waals surface area contributed by atoms with Crippen LogP contribution in [0.15, 0.2) is 53.4 Å². The summed E-state index contributed by atoms with van der Waals surface area (Å²) >= 11 is 0. The summed E-state index contributed by atoms with van der Waals surface area (Å²) in [6.07, 6.45) is 0.615. The average molecular weight is 348 g/mol. The summed E-state index contributed by atoms with van der Waals surface area (Å²) in [5, 5.41) is 2.56. The molecule has 0 atom stereocenters. The highest BCUT2D eigenvalue weighted by Crippen LogP contribution is 2.24. The highest BCUT2D eigenvalue weighted by molar-refractivity contribution is 7.85. The van der Waals surface area contributed by atoms with Crippen molar-refractivity contribution in [3.8, 4) is 0 Å². The number of urea groups is 1. The Hall–Kier alpha value is -2.38. The van der Waals surface area contributed by atoms with Gasteiger partial charge >= 0.3 is 6.03 Å². The highest BCUT2D eigenvalue weighted by Gasteiger charge is 2.19. The van der Waals surface area contributed by atoms with E-state index in [9.17, 15) is 17.8 Å². The number of hydrogen-bond donors (Lipinski definition) is 2. The van der Waals surface area contributed by atoms with Gasteiger partial charge in [-0.3, -0.25) is 9.45 Å². The molecule has 0 spiro atoms. The molecule has 6 nitrogen and oxygen atoms in total. The van der Waals surface area contributed by atoms with Gasteiger partial charge in [0.15, 0.2) is 0 Å². The monoisotopic (exact) mass is 348 g/mol. The van der Waals surface area contributed by atoms with E-state index in [4.69, 9.17) is 0 Å². The van der Waals surface area contributed by atoms with E-state index in [1.165, 1.54) is 24.1 Å². The summed E-state index contributed by atoms with van der Waals surface area (Å²) in [5.74, 6) is 0. The number of amides is 2. The molecule has 2 aromatic rings. The van der Waals surface area contributed by atoms with Crippen LogP contribution in [-0.4, -0.2) is 32.6 Å². The van der Waals surface area contributed by atoms with E-state index < -0.39 is 10.1 Å². The fourth-order valence-electron chi connectivity index (χ4n) is 2.39. The van der Waals surface area contributed by atoms with Crippen LogP contribution in [0.1, 0.15) is 11.1 Å². The third-order valence-corrected chi connectivity index (χ3v) is 4.54. The minimum atomic E-state index is -4.33. The van der Waals surface area contributed by atoms with Crippen LogP contribution in [0.2, 0.25) is 0 Å². The second kappa shape index (κ2) is 7.46. The normalized spacial score (nSPS) is 11.1. The number of aryl methyl sites for hydroxylation is 1. The molecule has 0 aliphatic carbocycles. The largest absolute Gasteiger partial charge is 0.341 e.